The molecular formula is C16H21N3O5. The third-order valence-electron chi connectivity index (χ3n) is 4.29. The minimum absolute atomic E-state index is 0.0991. The van der Waals surface area contributed by atoms with E-state index in [1.165, 1.54) is 18.2 Å². The zero-order chi connectivity index (χ0) is 17.9. The number of nitrogens with one attached hydrogen (secondary N) is 1. The van der Waals surface area contributed by atoms with Crippen LogP contribution in [0.2, 0.25) is 0 Å². The van der Waals surface area contributed by atoms with E-state index in [0.717, 1.165) is 0 Å². The first-order valence-corrected chi connectivity index (χ1v) is 7.80. The topological polar surface area (TPSA) is 113 Å². The zero-order valence-corrected chi connectivity index (χ0v) is 13.6. The van der Waals surface area contributed by atoms with Crippen LogP contribution in [0.5, 0.6) is 0 Å². The Morgan fingerprint density at radius 2 is 2.12 bits per heavy atom. The van der Waals surface area contributed by atoms with Crippen LogP contribution in [0, 0.1) is 22.0 Å². The highest BCUT2D eigenvalue weighted by Gasteiger charge is 2.33. The van der Waals surface area contributed by atoms with E-state index in [0.29, 0.717) is 25.2 Å². The van der Waals surface area contributed by atoms with Gasteiger partial charge in [-0.05, 0) is 25.3 Å². The predicted molar refractivity (Wildman–Crippen MR) is 87.7 cm³/mol. The summed E-state index contributed by atoms with van der Waals surface area (Å²) in [5.74, 6) is -1.46. The Kier molecular flexibility index (Phi) is 5.50. The summed E-state index contributed by atoms with van der Waals surface area (Å²) in [5.41, 5.74) is 0.249. The lowest BCUT2D eigenvalue weighted by Crippen LogP contribution is -2.50. The molecule has 24 heavy (non-hydrogen) atoms. The number of benzene rings is 1. The van der Waals surface area contributed by atoms with Gasteiger partial charge in [0.05, 0.1) is 16.9 Å². The van der Waals surface area contributed by atoms with Crippen LogP contribution in [0.15, 0.2) is 24.3 Å². The molecule has 2 N–H and O–H groups in total. The molecule has 130 valence electrons. The lowest BCUT2D eigenvalue weighted by molar-refractivity contribution is -0.384. The van der Waals surface area contributed by atoms with Gasteiger partial charge in [0.1, 0.15) is 0 Å². The molecule has 1 amide bonds. The van der Waals surface area contributed by atoms with Crippen LogP contribution in [0.3, 0.4) is 0 Å². The fourth-order valence-corrected chi connectivity index (χ4v) is 3.00. The number of nitro groups is 1. The fraction of sp³-hybridized carbons (Fsp3) is 0.500. The van der Waals surface area contributed by atoms with E-state index in [2.05, 4.69) is 5.32 Å². The minimum atomic E-state index is -0.849. The molecule has 2 rings (SSSR count). The third kappa shape index (κ3) is 4.29. The monoisotopic (exact) mass is 335 g/mol. The van der Waals surface area contributed by atoms with E-state index in [-0.39, 0.29) is 17.5 Å². The number of rotatable bonds is 5. The molecule has 0 bridgehead atoms. The second-order valence-corrected chi connectivity index (χ2v) is 6.30. The Morgan fingerprint density at radius 1 is 1.42 bits per heavy atom. The molecule has 0 aliphatic carbocycles. The van der Waals surface area contributed by atoms with E-state index in [9.17, 15) is 24.8 Å². The van der Waals surface area contributed by atoms with E-state index < -0.39 is 22.9 Å². The molecule has 3 unspecified atom stereocenters. The number of carboxylic acid groups (broad SMARTS) is 1. The number of likely N-dealkylation sites (tertiary alicyclic amines) is 1. The van der Waals surface area contributed by atoms with Gasteiger partial charge < -0.3 is 10.4 Å². The summed E-state index contributed by atoms with van der Waals surface area (Å²) in [6.45, 7) is 4.65. The lowest BCUT2D eigenvalue weighted by atomic mass is 9.89. The maximum absolute atomic E-state index is 12.4. The van der Waals surface area contributed by atoms with Crippen LogP contribution < -0.4 is 5.32 Å². The summed E-state index contributed by atoms with van der Waals surface area (Å²) in [5, 5.41) is 22.7. The van der Waals surface area contributed by atoms with Crippen LogP contribution in [0.4, 0.5) is 11.4 Å². The summed E-state index contributed by atoms with van der Waals surface area (Å²) in [6.07, 6.45) is 0.602. The number of amides is 1. The van der Waals surface area contributed by atoms with E-state index >= 15 is 0 Å². The number of hydrogen-bond acceptors (Lipinski definition) is 5. The van der Waals surface area contributed by atoms with Crippen molar-refractivity contribution in [3.05, 3.63) is 34.4 Å². The summed E-state index contributed by atoms with van der Waals surface area (Å²) < 4.78 is 0. The van der Waals surface area contributed by atoms with Crippen molar-refractivity contribution in [2.24, 2.45) is 11.8 Å². The highest BCUT2D eigenvalue weighted by Crippen LogP contribution is 2.24. The maximum Gasteiger partial charge on any atom is 0.307 e. The number of carbonyl (C=O) groups is 2. The molecular weight excluding hydrogens is 314 g/mol. The predicted octanol–water partition coefficient (Wildman–Crippen LogP) is 1.96. The lowest BCUT2D eigenvalue weighted by Gasteiger charge is -2.37. The van der Waals surface area contributed by atoms with Gasteiger partial charge in [-0.2, -0.15) is 0 Å². The van der Waals surface area contributed by atoms with Gasteiger partial charge in [-0.3, -0.25) is 24.6 Å². The molecule has 0 radical (unpaired) electrons. The summed E-state index contributed by atoms with van der Waals surface area (Å²) in [4.78, 5) is 35.8. The molecule has 3 atom stereocenters. The van der Waals surface area contributed by atoms with Crippen molar-refractivity contribution >= 4 is 23.3 Å². The molecule has 8 nitrogen and oxygen atoms in total. The molecule has 0 aromatic heterocycles. The maximum atomic E-state index is 12.4. The van der Waals surface area contributed by atoms with Crippen molar-refractivity contribution in [2.75, 3.05) is 18.4 Å². The number of hydrogen-bond donors (Lipinski definition) is 2. The molecule has 1 aromatic rings. The molecule has 1 aliphatic heterocycles. The summed E-state index contributed by atoms with van der Waals surface area (Å²) in [6, 6.07) is 5.21. The van der Waals surface area contributed by atoms with Gasteiger partial charge in [-0.25, -0.2) is 0 Å². The second kappa shape index (κ2) is 7.39. The quantitative estimate of drug-likeness (QED) is 0.628. The van der Waals surface area contributed by atoms with E-state index in [4.69, 9.17) is 0 Å². The number of piperidine rings is 1. The Morgan fingerprint density at radius 3 is 2.75 bits per heavy atom. The average molecular weight is 335 g/mol. The van der Waals surface area contributed by atoms with Crippen molar-refractivity contribution in [3.8, 4) is 0 Å². The molecule has 8 heteroatoms. The van der Waals surface area contributed by atoms with Gasteiger partial charge in [0, 0.05) is 30.9 Å². The van der Waals surface area contributed by atoms with Crippen molar-refractivity contribution in [1.82, 2.24) is 4.90 Å². The van der Waals surface area contributed by atoms with Crippen LogP contribution in [0.25, 0.3) is 0 Å². The summed E-state index contributed by atoms with van der Waals surface area (Å²) in [7, 11) is 0. The Bertz CT molecular complexity index is 648. The Balaban J connectivity index is 2.05. The minimum Gasteiger partial charge on any atom is -0.481 e. The van der Waals surface area contributed by atoms with Gasteiger partial charge in [-0.15, -0.1) is 0 Å². The fourth-order valence-electron chi connectivity index (χ4n) is 3.00. The number of anilines is 1. The van der Waals surface area contributed by atoms with Gasteiger partial charge in [0.2, 0.25) is 5.91 Å². The smallest absolute Gasteiger partial charge is 0.307 e. The van der Waals surface area contributed by atoms with Gasteiger partial charge >= 0.3 is 5.97 Å². The second-order valence-electron chi connectivity index (χ2n) is 6.30. The van der Waals surface area contributed by atoms with Gasteiger partial charge in [0.15, 0.2) is 0 Å². The van der Waals surface area contributed by atoms with Crippen LogP contribution in [0.1, 0.15) is 20.3 Å². The standard InChI is InChI=1S/C16H21N3O5/c1-10-6-12(16(21)22)9-18(8-10)11(2)15(20)17-13-4-3-5-14(7-13)19(23)24/h3-5,7,10-12H,6,8-9H2,1-2H3,(H,17,20)(H,21,22). The molecule has 0 saturated carbocycles. The highest BCUT2D eigenvalue weighted by molar-refractivity contribution is 5.94. The molecule has 1 fully saturated rings. The van der Waals surface area contributed by atoms with Gasteiger partial charge in [0.25, 0.3) is 5.69 Å². The number of carbonyl (C=O) groups excluding carboxylic acids is 1. The first-order valence-electron chi connectivity index (χ1n) is 7.80. The number of carboxylic acids is 1. The van der Waals surface area contributed by atoms with Crippen LogP contribution >= 0.6 is 0 Å². The Labute approximate surface area is 139 Å². The third-order valence-corrected chi connectivity index (χ3v) is 4.29. The van der Waals surface area contributed by atoms with Crippen molar-refractivity contribution in [1.29, 1.82) is 0 Å². The van der Waals surface area contributed by atoms with E-state index in [1.54, 1.807) is 13.0 Å². The van der Waals surface area contributed by atoms with Crippen molar-refractivity contribution in [2.45, 2.75) is 26.3 Å². The first kappa shape index (κ1) is 17.9. The average Bonchev–Trinajstić information content (AvgIpc) is 2.53. The molecule has 0 spiro atoms. The van der Waals surface area contributed by atoms with Crippen LogP contribution in [-0.2, 0) is 9.59 Å². The summed E-state index contributed by atoms with van der Waals surface area (Å²) >= 11 is 0. The SMILES string of the molecule is CC1CC(C(=O)O)CN(C(C)C(=O)Nc2cccc([N+](=O)[O-])c2)C1. The number of non-ortho nitro benzene ring substituents is 1. The van der Waals surface area contributed by atoms with E-state index in [1.807, 2.05) is 11.8 Å². The molecule has 1 saturated heterocycles. The van der Waals surface area contributed by atoms with Crippen molar-refractivity contribution in [3.63, 3.8) is 0 Å². The van der Waals surface area contributed by atoms with Gasteiger partial charge in [-0.1, -0.05) is 13.0 Å². The molecule has 1 aromatic carbocycles. The Hall–Kier alpha value is -2.48. The van der Waals surface area contributed by atoms with Crippen LogP contribution in [-0.4, -0.2) is 45.9 Å². The van der Waals surface area contributed by atoms with Crippen molar-refractivity contribution < 1.29 is 19.6 Å². The molecule has 1 heterocycles. The number of aliphatic carboxylic acids is 1. The number of nitrogens with zero attached hydrogens (tertiary/aromatic N) is 2. The number of nitro benzene ring substituents is 1. The normalized spacial score (nSPS) is 22.6. The highest BCUT2D eigenvalue weighted by atomic mass is 16.6. The first-order chi connectivity index (χ1) is 11.3. The largest absolute Gasteiger partial charge is 0.481 e. The molecule has 1 aliphatic rings. The zero-order valence-electron chi connectivity index (χ0n) is 13.6.